The van der Waals surface area contributed by atoms with Crippen LogP contribution >= 0.6 is 0 Å². The second-order valence-electron chi connectivity index (χ2n) is 5.24. The lowest BCUT2D eigenvalue weighted by Gasteiger charge is -2.30. The van der Waals surface area contributed by atoms with Gasteiger partial charge in [0.2, 0.25) is 0 Å². The summed E-state index contributed by atoms with van der Waals surface area (Å²) in [6, 6.07) is 0.555. The molecule has 1 rings (SSSR count). The number of alkyl halides is 3. The van der Waals surface area contributed by atoms with Gasteiger partial charge in [-0.25, -0.2) is 0 Å². The van der Waals surface area contributed by atoms with Gasteiger partial charge in [-0.1, -0.05) is 6.92 Å². The number of rotatable bonds is 6. The van der Waals surface area contributed by atoms with E-state index < -0.39 is 23.4 Å². The van der Waals surface area contributed by atoms with Crippen molar-refractivity contribution >= 4 is 0 Å². The Balaban J connectivity index is 3.16. The van der Waals surface area contributed by atoms with Crippen molar-refractivity contribution in [3.63, 3.8) is 0 Å². The zero-order valence-electron chi connectivity index (χ0n) is 12.2. The number of hydrogen-bond acceptors (Lipinski definition) is 3. The molecule has 0 spiro atoms. The van der Waals surface area contributed by atoms with Crippen molar-refractivity contribution < 1.29 is 17.9 Å². The van der Waals surface area contributed by atoms with Crippen molar-refractivity contribution in [2.45, 2.75) is 45.0 Å². The molecule has 0 saturated carbocycles. The predicted octanol–water partition coefficient (Wildman–Crippen LogP) is 3.57. The molecule has 0 amide bonds. The first-order valence-corrected chi connectivity index (χ1v) is 6.51. The Morgan fingerprint density at radius 3 is 2.50 bits per heavy atom. The lowest BCUT2D eigenvalue weighted by atomic mass is 9.91. The second kappa shape index (κ2) is 6.54. The van der Waals surface area contributed by atoms with Crippen LogP contribution < -0.4 is 5.32 Å². The number of nitrogens with zero attached hydrogens (tertiary/aromatic N) is 1. The van der Waals surface area contributed by atoms with Crippen LogP contribution in [0.1, 0.15) is 44.4 Å². The molecule has 0 saturated heterocycles. The lowest BCUT2D eigenvalue weighted by molar-refractivity contribution is -0.138. The van der Waals surface area contributed by atoms with E-state index in [1.54, 1.807) is 7.11 Å². The third-order valence-electron chi connectivity index (χ3n) is 3.23. The van der Waals surface area contributed by atoms with Gasteiger partial charge in [-0.05, 0) is 38.4 Å². The van der Waals surface area contributed by atoms with Crippen molar-refractivity contribution in [1.29, 1.82) is 0 Å². The normalized spacial score (nSPS) is 14.3. The van der Waals surface area contributed by atoms with Gasteiger partial charge in [0.05, 0.1) is 11.2 Å². The minimum absolute atomic E-state index is 0.159. The van der Waals surface area contributed by atoms with E-state index >= 15 is 0 Å². The molecule has 1 aromatic heterocycles. The topological polar surface area (TPSA) is 34.1 Å². The monoisotopic (exact) mass is 290 g/mol. The van der Waals surface area contributed by atoms with E-state index in [4.69, 9.17) is 4.74 Å². The molecule has 0 aromatic carbocycles. The molecular formula is C14H21F3N2O. The summed E-state index contributed by atoms with van der Waals surface area (Å²) in [6.07, 6.45) is -1.52. The van der Waals surface area contributed by atoms with Crippen molar-refractivity contribution in [2.75, 3.05) is 13.7 Å². The first kappa shape index (κ1) is 16.9. The Bertz CT molecular complexity index is 433. The first-order valence-electron chi connectivity index (χ1n) is 6.51. The molecule has 0 aliphatic rings. The first-order chi connectivity index (χ1) is 9.21. The standard InChI is InChI=1S/C14H21F3N2O/c1-5-19-12(8-13(2,3)20-4)10-9-18-7-6-11(10)14(15,16)17/h6-7,9,12,19H,5,8H2,1-4H3. The molecule has 114 valence electrons. The molecule has 6 heteroatoms. The number of hydrogen-bond donors (Lipinski definition) is 1. The van der Waals surface area contributed by atoms with Crippen LogP contribution in [0.2, 0.25) is 0 Å². The fraction of sp³-hybridized carbons (Fsp3) is 0.643. The highest BCUT2D eigenvalue weighted by Gasteiger charge is 2.36. The number of ether oxygens (including phenoxy) is 1. The van der Waals surface area contributed by atoms with E-state index in [2.05, 4.69) is 10.3 Å². The van der Waals surface area contributed by atoms with Crippen LogP contribution in [-0.2, 0) is 10.9 Å². The lowest BCUT2D eigenvalue weighted by Crippen LogP contribution is -2.33. The largest absolute Gasteiger partial charge is 0.416 e. The third kappa shape index (κ3) is 4.45. The summed E-state index contributed by atoms with van der Waals surface area (Å²) >= 11 is 0. The number of methoxy groups -OCH3 is 1. The molecule has 0 aliphatic heterocycles. The predicted molar refractivity (Wildman–Crippen MR) is 71.4 cm³/mol. The van der Waals surface area contributed by atoms with E-state index in [0.717, 1.165) is 12.3 Å². The molecule has 0 fully saturated rings. The highest BCUT2D eigenvalue weighted by Crippen LogP contribution is 2.36. The van der Waals surface area contributed by atoms with Crippen LogP contribution in [-0.4, -0.2) is 24.2 Å². The highest BCUT2D eigenvalue weighted by molar-refractivity contribution is 5.29. The van der Waals surface area contributed by atoms with Gasteiger partial charge in [-0.15, -0.1) is 0 Å². The van der Waals surface area contributed by atoms with Gasteiger partial charge < -0.3 is 10.1 Å². The second-order valence-corrected chi connectivity index (χ2v) is 5.24. The summed E-state index contributed by atoms with van der Waals surface area (Å²) in [7, 11) is 1.55. The zero-order valence-corrected chi connectivity index (χ0v) is 12.2. The molecule has 1 unspecified atom stereocenters. The average Bonchev–Trinajstić information content (AvgIpc) is 2.37. The van der Waals surface area contributed by atoms with Crippen LogP contribution in [0.4, 0.5) is 13.2 Å². The van der Waals surface area contributed by atoms with Crippen molar-refractivity contribution in [2.24, 2.45) is 0 Å². The van der Waals surface area contributed by atoms with Crippen molar-refractivity contribution in [3.8, 4) is 0 Å². The third-order valence-corrected chi connectivity index (χ3v) is 3.23. The van der Waals surface area contributed by atoms with E-state index in [1.807, 2.05) is 20.8 Å². The summed E-state index contributed by atoms with van der Waals surface area (Å²) < 4.78 is 44.6. The maximum absolute atomic E-state index is 13.1. The molecule has 0 radical (unpaired) electrons. The molecule has 20 heavy (non-hydrogen) atoms. The van der Waals surface area contributed by atoms with Crippen LogP contribution in [0.15, 0.2) is 18.5 Å². The number of pyridine rings is 1. The Morgan fingerprint density at radius 1 is 1.35 bits per heavy atom. The molecule has 1 atom stereocenters. The molecule has 1 heterocycles. The molecule has 3 nitrogen and oxygen atoms in total. The minimum Gasteiger partial charge on any atom is -0.379 e. The minimum atomic E-state index is -4.39. The van der Waals surface area contributed by atoms with E-state index in [-0.39, 0.29) is 5.56 Å². The van der Waals surface area contributed by atoms with E-state index in [9.17, 15) is 13.2 Å². The SMILES string of the molecule is CCNC(CC(C)(C)OC)c1cnccc1C(F)(F)F. The molecule has 1 N–H and O–H groups in total. The van der Waals surface area contributed by atoms with Gasteiger partial charge in [0.25, 0.3) is 0 Å². The number of nitrogens with one attached hydrogen (secondary N) is 1. The summed E-state index contributed by atoms with van der Waals surface area (Å²) in [4.78, 5) is 3.84. The Labute approximate surface area is 117 Å². The van der Waals surface area contributed by atoms with Gasteiger partial charge >= 0.3 is 6.18 Å². The van der Waals surface area contributed by atoms with Gasteiger partial charge in [0.1, 0.15) is 0 Å². The van der Waals surface area contributed by atoms with Gasteiger partial charge in [-0.3, -0.25) is 4.98 Å². The van der Waals surface area contributed by atoms with Gasteiger partial charge in [-0.2, -0.15) is 13.2 Å². The fourth-order valence-electron chi connectivity index (χ4n) is 2.06. The fourth-order valence-corrected chi connectivity index (χ4v) is 2.06. The Morgan fingerprint density at radius 2 is 2.00 bits per heavy atom. The number of aromatic nitrogens is 1. The maximum atomic E-state index is 13.1. The Hall–Kier alpha value is -1.14. The van der Waals surface area contributed by atoms with Crippen molar-refractivity contribution in [3.05, 3.63) is 29.6 Å². The molecule has 1 aromatic rings. The molecule has 0 aliphatic carbocycles. The van der Waals surface area contributed by atoms with Gasteiger partial charge in [0.15, 0.2) is 0 Å². The maximum Gasteiger partial charge on any atom is 0.416 e. The van der Waals surface area contributed by atoms with Crippen LogP contribution in [0, 0.1) is 0 Å². The van der Waals surface area contributed by atoms with Crippen molar-refractivity contribution in [1.82, 2.24) is 10.3 Å². The van der Waals surface area contributed by atoms with Crippen LogP contribution in [0.5, 0.6) is 0 Å². The summed E-state index contributed by atoms with van der Waals surface area (Å²) in [6.45, 7) is 6.12. The van der Waals surface area contributed by atoms with Crippen LogP contribution in [0.25, 0.3) is 0 Å². The van der Waals surface area contributed by atoms with Gasteiger partial charge in [0, 0.05) is 25.5 Å². The zero-order chi connectivity index (χ0) is 15.4. The highest BCUT2D eigenvalue weighted by atomic mass is 19.4. The smallest absolute Gasteiger partial charge is 0.379 e. The summed E-state index contributed by atoms with van der Waals surface area (Å²) in [5.74, 6) is 0. The quantitative estimate of drug-likeness (QED) is 0.869. The van der Waals surface area contributed by atoms with E-state index in [0.29, 0.717) is 13.0 Å². The summed E-state index contributed by atoms with van der Waals surface area (Å²) in [5.41, 5.74) is -1.01. The number of halogens is 3. The van der Waals surface area contributed by atoms with Crippen LogP contribution in [0.3, 0.4) is 0 Å². The average molecular weight is 290 g/mol. The molecule has 0 bridgehead atoms. The Kier molecular flexibility index (Phi) is 5.53. The summed E-state index contributed by atoms with van der Waals surface area (Å²) in [5, 5.41) is 3.08. The van der Waals surface area contributed by atoms with E-state index in [1.165, 1.54) is 6.20 Å². The molecular weight excluding hydrogens is 269 g/mol.